The van der Waals surface area contributed by atoms with Gasteiger partial charge in [0.1, 0.15) is 18.1 Å². The van der Waals surface area contributed by atoms with Gasteiger partial charge < -0.3 is 15.4 Å². The SMILES string of the molecule is COc1ccccc1NC(=O)C1=C(C)Nc2ncnn2C1c1cccc2ccccc12. The summed E-state index contributed by atoms with van der Waals surface area (Å²) in [7, 11) is 1.58. The molecule has 31 heavy (non-hydrogen) atoms. The average molecular weight is 411 g/mol. The number of amides is 1. The van der Waals surface area contributed by atoms with Crippen molar-refractivity contribution in [2.24, 2.45) is 0 Å². The lowest BCUT2D eigenvalue weighted by atomic mass is 9.91. The third kappa shape index (κ3) is 3.20. The zero-order valence-electron chi connectivity index (χ0n) is 17.2. The Kier molecular flexibility index (Phi) is 4.63. The molecule has 0 radical (unpaired) electrons. The van der Waals surface area contributed by atoms with Gasteiger partial charge in [0.05, 0.1) is 18.4 Å². The number of rotatable bonds is 4. The topological polar surface area (TPSA) is 81.1 Å². The van der Waals surface area contributed by atoms with Crippen LogP contribution in [0.15, 0.2) is 84.3 Å². The first-order chi connectivity index (χ1) is 15.2. The Morgan fingerprint density at radius 2 is 1.84 bits per heavy atom. The number of aromatic nitrogens is 3. The van der Waals surface area contributed by atoms with Crippen molar-refractivity contribution in [3.05, 3.63) is 89.9 Å². The molecule has 5 rings (SSSR count). The molecule has 1 aliphatic rings. The molecule has 0 aliphatic carbocycles. The third-order valence-corrected chi connectivity index (χ3v) is 5.51. The van der Waals surface area contributed by atoms with Crippen LogP contribution >= 0.6 is 0 Å². The van der Waals surface area contributed by atoms with Crippen LogP contribution in [0.3, 0.4) is 0 Å². The lowest BCUT2D eigenvalue weighted by Gasteiger charge is -2.29. The highest BCUT2D eigenvalue weighted by Crippen LogP contribution is 2.38. The molecule has 1 aromatic heterocycles. The first-order valence-electron chi connectivity index (χ1n) is 9.96. The lowest BCUT2D eigenvalue weighted by Crippen LogP contribution is -2.31. The number of nitrogens with zero attached hydrogens (tertiary/aromatic N) is 3. The van der Waals surface area contributed by atoms with Crippen LogP contribution in [-0.4, -0.2) is 27.8 Å². The molecular formula is C24H21N5O2. The van der Waals surface area contributed by atoms with Crippen LogP contribution in [0.1, 0.15) is 18.5 Å². The Balaban J connectivity index is 1.65. The summed E-state index contributed by atoms with van der Waals surface area (Å²) in [6, 6.07) is 21.2. The summed E-state index contributed by atoms with van der Waals surface area (Å²) in [5, 5.41) is 12.8. The van der Waals surface area contributed by atoms with Gasteiger partial charge in [0.15, 0.2) is 0 Å². The van der Waals surface area contributed by atoms with Gasteiger partial charge >= 0.3 is 0 Å². The maximum Gasteiger partial charge on any atom is 0.255 e. The Hall–Kier alpha value is -4.13. The molecule has 0 fully saturated rings. The minimum atomic E-state index is -0.431. The van der Waals surface area contributed by atoms with Crippen LogP contribution in [0.2, 0.25) is 0 Å². The normalized spacial score (nSPS) is 15.4. The maximum absolute atomic E-state index is 13.6. The average Bonchev–Trinajstić information content (AvgIpc) is 3.26. The molecule has 7 heteroatoms. The number of hydrogen-bond donors (Lipinski definition) is 2. The number of benzene rings is 3. The second-order valence-corrected chi connectivity index (χ2v) is 7.32. The smallest absolute Gasteiger partial charge is 0.255 e. The highest BCUT2D eigenvalue weighted by Gasteiger charge is 2.34. The predicted molar refractivity (Wildman–Crippen MR) is 120 cm³/mol. The van der Waals surface area contributed by atoms with Crippen molar-refractivity contribution in [1.29, 1.82) is 0 Å². The largest absolute Gasteiger partial charge is 0.495 e. The Morgan fingerprint density at radius 3 is 2.71 bits per heavy atom. The highest BCUT2D eigenvalue weighted by atomic mass is 16.5. The number of allylic oxidation sites excluding steroid dienone is 1. The van der Waals surface area contributed by atoms with Crippen molar-refractivity contribution in [3.8, 4) is 5.75 Å². The molecule has 3 aromatic carbocycles. The highest BCUT2D eigenvalue weighted by molar-refractivity contribution is 6.07. The molecule has 1 aliphatic heterocycles. The van der Waals surface area contributed by atoms with Gasteiger partial charge in [-0.2, -0.15) is 10.1 Å². The fraction of sp³-hybridized carbons (Fsp3) is 0.125. The van der Waals surface area contributed by atoms with Gasteiger partial charge in [-0.3, -0.25) is 4.79 Å². The summed E-state index contributed by atoms with van der Waals surface area (Å²) in [5.74, 6) is 0.971. The zero-order valence-corrected chi connectivity index (χ0v) is 17.2. The molecule has 7 nitrogen and oxygen atoms in total. The number of carbonyl (C=O) groups excluding carboxylic acids is 1. The van der Waals surface area contributed by atoms with E-state index in [-0.39, 0.29) is 5.91 Å². The molecular weight excluding hydrogens is 390 g/mol. The Morgan fingerprint density at radius 1 is 1.06 bits per heavy atom. The van der Waals surface area contributed by atoms with Crippen molar-refractivity contribution in [3.63, 3.8) is 0 Å². The Labute approximate surface area is 179 Å². The Bertz CT molecular complexity index is 1320. The van der Waals surface area contributed by atoms with E-state index in [0.717, 1.165) is 22.0 Å². The van der Waals surface area contributed by atoms with E-state index >= 15 is 0 Å². The molecule has 1 unspecified atom stereocenters. The van der Waals surface area contributed by atoms with E-state index in [1.54, 1.807) is 11.8 Å². The number of para-hydroxylation sites is 2. The van der Waals surface area contributed by atoms with E-state index in [9.17, 15) is 4.79 Å². The summed E-state index contributed by atoms with van der Waals surface area (Å²) >= 11 is 0. The standard InChI is InChI=1S/C24H21N5O2/c1-15-21(23(30)28-19-12-5-6-13-20(19)31-2)22(29-24(27-15)25-14-26-29)18-11-7-9-16-8-3-4-10-17(16)18/h3-14,22H,1-2H3,(H,28,30)(H,25,26,27). The van der Waals surface area contributed by atoms with Gasteiger partial charge in [0, 0.05) is 5.70 Å². The quantitative estimate of drug-likeness (QED) is 0.521. The number of nitrogens with one attached hydrogen (secondary N) is 2. The van der Waals surface area contributed by atoms with Crippen LogP contribution in [0.25, 0.3) is 10.8 Å². The number of carbonyl (C=O) groups is 1. The first-order valence-corrected chi connectivity index (χ1v) is 9.96. The third-order valence-electron chi connectivity index (χ3n) is 5.51. The van der Waals surface area contributed by atoms with E-state index in [4.69, 9.17) is 4.74 Å². The van der Waals surface area contributed by atoms with Gasteiger partial charge in [0.2, 0.25) is 5.95 Å². The van der Waals surface area contributed by atoms with Crippen LogP contribution < -0.4 is 15.4 Å². The van der Waals surface area contributed by atoms with E-state index in [1.165, 1.54) is 6.33 Å². The molecule has 1 atom stereocenters. The fourth-order valence-corrected chi connectivity index (χ4v) is 4.10. The number of ether oxygens (including phenoxy) is 1. The number of hydrogen-bond acceptors (Lipinski definition) is 5. The van der Waals surface area contributed by atoms with Crippen molar-refractivity contribution in [2.75, 3.05) is 17.7 Å². The molecule has 154 valence electrons. The fourth-order valence-electron chi connectivity index (χ4n) is 4.10. The van der Waals surface area contributed by atoms with Gasteiger partial charge in [-0.1, -0.05) is 54.6 Å². The van der Waals surface area contributed by atoms with E-state index in [1.807, 2.05) is 55.5 Å². The van der Waals surface area contributed by atoms with Crippen LogP contribution in [0.4, 0.5) is 11.6 Å². The summed E-state index contributed by atoms with van der Waals surface area (Å²) in [4.78, 5) is 17.9. The molecule has 1 amide bonds. The van der Waals surface area contributed by atoms with E-state index in [2.05, 4.69) is 38.9 Å². The predicted octanol–water partition coefficient (Wildman–Crippen LogP) is 4.37. The van der Waals surface area contributed by atoms with Gasteiger partial charge in [-0.25, -0.2) is 4.68 Å². The van der Waals surface area contributed by atoms with Gasteiger partial charge in [-0.05, 0) is 35.4 Å². The number of fused-ring (bicyclic) bond motifs is 2. The molecule has 4 aromatic rings. The number of anilines is 2. The molecule has 2 N–H and O–H groups in total. The second kappa shape index (κ2) is 7.60. The molecule has 0 spiro atoms. The monoisotopic (exact) mass is 411 g/mol. The first kappa shape index (κ1) is 18.9. The van der Waals surface area contributed by atoms with Crippen molar-refractivity contribution in [1.82, 2.24) is 14.8 Å². The van der Waals surface area contributed by atoms with Crippen LogP contribution in [0.5, 0.6) is 5.75 Å². The van der Waals surface area contributed by atoms with E-state index < -0.39 is 6.04 Å². The van der Waals surface area contributed by atoms with Crippen LogP contribution in [0, 0.1) is 0 Å². The molecule has 0 saturated heterocycles. The second-order valence-electron chi connectivity index (χ2n) is 7.32. The van der Waals surface area contributed by atoms with Gasteiger partial charge in [-0.15, -0.1) is 0 Å². The number of methoxy groups -OCH3 is 1. The summed E-state index contributed by atoms with van der Waals surface area (Å²) in [6.07, 6.45) is 1.49. The molecule has 0 saturated carbocycles. The minimum absolute atomic E-state index is 0.228. The minimum Gasteiger partial charge on any atom is -0.495 e. The van der Waals surface area contributed by atoms with Crippen molar-refractivity contribution in [2.45, 2.75) is 13.0 Å². The summed E-state index contributed by atoms with van der Waals surface area (Å²) < 4.78 is 7.16. The van der Waals surface area contributed by atoms with Crippen molar-refractivity contribution < 1.29 is 9.53 Å². The molecule has 2 heterocycles. The van der Waals surface area contributed by atoms with Gasteiger partial charge in [0.25, 0.3) is 5.91 Å². The zero-order chi connectivity index (χ0) is 21.4. The summed E-state index contributed by atoms with van der Waals surface area (Å²) in [6.45, 7) is 1.88. The molecule has 0 bridgehead atoms. The maximum atomic E-state index is 13.6. The van der Waals surface area contributed by atoms with Crippen LogP contribution in [-0.2, 0) is 4.79 Å². The van der Waals surface area contributed by atoms with Crippen molar-refractivity contribution >= 4 is 28.3 Å². The van der Waals surface area contributed by atoms with E-state index in [0.29, 0.717) is 23.0 Å². The summed E-state index contributed by atoms with van der Waals surface area (Å²) in [5.41, 5.74) is 2.89. The lowest BCUT2D eigenvalue weighted by molar-refractivity contribution is -0.113.